The highest BCUT2D eigenvalue weighted by Crippen LogP contribution is 2.40. The number of nitrogens with one attached hydrogen (secondary N) is 1. The van der Waals surface area contributed by atoms with Crippen LogP contribution < -0.4 is 5.32 Å². The highest BCUT2D eigenvalue weighted by atomic mass is 16.1. The Morgan fingerprint density at radius 2 is 1.96 bits per heavy atom. The number of carbonyl (C=O) groups excluding carboxylic acids is 1. The first-order valence-electron chi connectivity index (χ1n) is 8.95. The molecule has 0 radical (unpaired) electrons. The summed E-state index contributed by atoms with van der Waals surface area (Å²) in [6.45, 7) is 3.99. The van der Waals surface area contributed by atoms with Crippen molar-refractivity contribution in [3.8, 4) is 5.69 Å². The summed E-state index contributed by atoms with van der Waals surface area (Å²) in [4.78, 5) is 17.2. The van der Waals surface area contributed by atoms with Crippen LogP contribution in [0.4, 0.5) is 0 Å². The van der Waals surface area contributed by atoms with Gasteiger partial charge in [0.2, 0.25) is 0 Å². The number of hydrogen-bond acceptors (Lipinski definition) is 3. The molecular weight excluding hydrogens is 326 g/mol. The van der Waals surface area contributed by atoms with E-state index in [1.807, 2.05) is 66.7 Å². The van der Waals surface area contributed by atoms with Crippen molar-refractivity contribution in [2.75, 3.05) is 0 Å². The third-order valence-corrected chi connectivity index (χ3v) is 4.90. The molecule has 0 unspecified atom stereocenters. The Balaban J connectivity index is 1.53. The summed E-state index contributed by atoms with van der Waals surface area (Å²) in [5, 5.41) is 7.65. The summed E-state index contributed by atoms with van der Waals surface area (Å²) in [6.07, 6.45) is 5.96. The maximum Gasteiger partial charge on any atom is 0.251 e. The molecule has 1 aliphatic rings. The van der Waals surface area contributed by atoms with E-state index in [2.05, 4.69) is 15.4 Å². The molecule has 0 aliphatic heterocycles. The number of amides is 1. The number of imidazole rings is 1. The molecule has 4 rings (SSSR count). The van der Waals surface area contributed by atoms with Crippen molar-refractivity contribution < 1.29 is 4.79 Å². The maximum absolute atomic E-state index is 12.7. The van der Waals surface area contributed by atoms with Crippen LogP contribution in [0.15, 0.2) is 42.7 Å². The van der Waals surface area contributed by atoms with Crippen molar-refractivity contribution in [2.24, 2.45) is 13.0 Å². The molecule has 26 heavy (non-hydrogen) atoms. The normalized spacial score (nSPS) is 15.0. The van der Waals surface area contributed by atoms with E-state index >= 15 is 0 Å². The smallest absolute Gasteiger partial charge is 0.251 e. The highest BCUT2D eigenvalue weighted by Gasteiger charge is 2.35. The van der Waals surface area contributed by atoms with Gasteiger partial charge < -0.3 is 9.88 Å². The van der Waals surface area contributed by atoms with Gasteiger partial charge in [-0.05, 0) is 62.9 Å². The minimum Gasteiger partial charge on any atom is -0.342 e. The molecule has 1 atom stereocenters. The Morgan fingerprint density at radius 1 is 1.23 bits per heavy atom. The van der Waals surface area contributed by atoms with E-state index in [1.54, 1.807) is 6.20 Å². The van der Waals surface area contributed by atoms with Crippen LogP contribution in [0.5, 0.6) is 0 Å². The third-order valence-electron chi connectivity index (χ3n) is 4.90. The molecule has 1 aromatic carbocycles. The van der Waals surface area contributed by atoms with E-state index < -0.39 is 0 Å². The van der Waals surface area contributed by atoms with Gasteiger partial charge in [-0.25, -0.2) is 9.67 Å². The number of nitrogens with zero attached hydrogens (tertiary/aromatic N) is 4. The average Bonchev–Trinajstić information content (AvgIpc) is 3.30. The first-order chi connectivity index (χ1) is 12.5. The van der Waals surface area contributed by atoms with Crippen molar-refractivity contribution in [1.82, 2.24) is 24.6 Å². The molecule has 1 fully saturated rings. The number of aryl methyl sites for hydroxylation is 3. The molecular formula is C20H23N5O. The Labute approximate surface area is 152 Å². The summed E-state index contributed by atoms with van der Waals surface area (Å²) < 4.78 is 3.87. The van der Waals surface area contributed by atoms with Crippen LogP contribution in [0.2, 0.25) is 0 Å². The average molecular weight is 349 g/mol. The van der Waals surface area contributed by atoms with Crippen LogP contribution in [-0.2, 0) is 7.05 Å². The Hall–Kier alpha value is -2.89. The molecule has 2 aromatic heterocycles. The van der Waals surface area contributed by atoms with Gasteiger partial charge in [0.15, 0.2) is 0 Å². The van der Waals surface area contributed by atoms with Gasteiger partial charge in [0.1, 0.15) is 5.82 Å². The molecule has 134 valence electrons. The number of hydrogen-bond donors (Lipinski definition) is 1. The second-order valence-electron chi connectivity index (χ2n) is 7.07. The molecule has 6 heteroatoms. The largest absolute Gasteiger partial charge is 0.342 e. The molecule has 0 saturated heterocycles. The number of carbonyl (C=O) groups is 1. The van der Waals surface area contributed by atoms with Crippen molar-refractivity contribution in [3.05, 3.63) is 65.5 Å². The molecule has 6 nitrogen and oxygen atoms in total. The Kier molecular flexibility index (Phi) is 4.11. The van der Waals surface area contributed by atoms with Crippen molar-refractivity contribution in [1.29, 1.82) is 0 Å². The summed E-state index contributed by atoms with van der Waals surface area (Å²) >= 11 is 0. The summed E-state index contributed by atoms with van der Waals surface area (Å²) in [5.41, 5.74) is 3.65. The minimum absolute atomic E-state index is 0.0295. The molecule has 1 saturated carbocycles. The van der Waals surface area contributed by atoms with Crippen molar-refractivity contribution in [3.63, 3.8) is 0 Å². The van der Waals surface area contributed by atoms with Gasteiger partial charge in [0.05, 0.1) is 17.4 Å². The number of rotatable bonds is 5. The zero-order valence-corrected chi connectivity index (χ0v) is 15.3. The molecule has 1 amide bonds. The molecule has 2 heterocycles. The lowest BCUT2D eigenvalue weighted by Crippen LogP contribution is -2.31. The first-order valence-corrected chi connectivity index (χ1v) is 8.95. The van der Waals surface area contributed by atoms with Gasteiger partial charge >= 0.3 is 0 Å². The lowest BCUT2D eigenvalue weighted by molar-refractivity contribution is 0.0929. The van der Waals surface area contributed by atoms with Gasteiger partial charge in [0.25, 0.3) is 5.91 Å². The molecule has 1 aliphatic carbocycles. The van der Waals surface area contributed by atoms with Gasteiger partial charge in [-0.3, -0.25) is 4.79 Å². The van der Waals surface area contributed by atoms with E-state index in [-0.39, 0.29) is 11.9 Å². The van der Waals surface area contributed by atoms with Crippen LogP contribution >= 0.6 is 0 Å². The van der Waals surface area contributed by atoms with Gasteiger partial charge in [-0.2, -0.15) is 5.10 Å². The maximum atomic E-state index is 12.7. The Bertz CT molecular complexity index is 934. The molecule has 0 bridgehead atoms. The van der Waals surface area contributed by atoms with E-state index in [1.165, 1.54) is 0 Å². The predicted octanol–water partition coefficient (Wildman–Crippen LogP) is 3.10. The van der Waals surface area contributed by atoms with E-state index in [0.717, 1.165) is 35.7 Å². The van der Waals surface area contributed by atoms with E-state index in [9.17, 15) is 4.79 Å². The number of aromatic nitrogens is 4. The second-order valence-corrected chi connectivity index (χ2v) is 7.07. The fraction of sp³-hybridized carbons (Fsp3) is 0.350. The predicted molar refractivity (Wildman–Crippen MR) is 99.2 cm³/mol. The quantitative estimate of drug-likeness (QED) is 0.770. The lowest BCUT2D eigenvalue weighted by atomic mass is 10.1. The lowest BCUT2D eigenvalue weighted by Gasteiger charge is -2.18. The first kappa shape index (κ1) is 16.6. The SMILES string of the molecule is Cc1cc(C)n(-c2ccc(C(=O)N[C@@H](c3nccn3C)C3CC3)cc2)n1. The van der Waals surface area contributed by atoms with E-state index in [0.29, 0.717) is 11.5 Å². The fourth-order valence-electron chi connectivity index (χ4n) is 3.37. The van der Waals surface area contributed by atoms with E-state index in [4.69, 9.17) is 0 Å². The van der Waals surface area contributed by atoms with Crippen LogP contribution in [0.25, 0.3) is 5.69 Å². The fourth-order valence-corrected chi connectivity index (χ4v) is 3.37. The van der Waals surface area contributed by atoms with Crippen molar-refractivity contribution in [2.45, 2.75) is 32.7 Å². The summed E-state index contributed by atoms with van der Waals surface area (Å²) in [7, 11) is 1.97. The topological polar surface area (TPSA) is 64.7 Å². The van der Waals surface area contributed by atoms with Crippen LogP contribution in [0, 0.1) is 19.8 Å². The summed E-state index contributed by atoms with van der Waals surface area (Å²) in [5.74, 6) is 1.33. The third kappa shape index (κ3) is 3.14. The zero-order chi connectivity index (χ0) is 18.3. The Morgan fingerprint density at radius 3 is 2.50 bits per heavy atom. The molecule has 0 spiro atoms. The zero-order valence-electron chi connectivity index (χ0n) is 15.3. The standard InChI is InChI=1S/C20H23N5O/c1-13-12-14(2)25(23-13)17-8-6-16(7-9-17)20(26)22-18(15-4-5-15)19-21-10-11-24(19)3/h6-12,15,18H,4-5H2,1-3H3,(H,22,26)/t18-/m1/s1. The van der Waals surface area contributed by atoms with Crippen LogP contribution in [-0.4, -0.2) is 25.2 Å². The highest BCUT2D eigenvalue weighted by molar-refractivity contribution is 5.94. The van der Waals surface area contributed by atoms with Crippen LogP contribution in [0.3, 0.4) is 0 Å². The second kappa shape index (κ2) is 6.44. The molecule has 3 aromatic rings. The van der Waals surface area contributed by atoms with Crippen LogP contribution in [0.1, 0.15) is 46.5 Å². The monoisotopic (exact) mass is 349 g/mol. The van der Waals surface area contributed by atoms with Gasteiger partial charge in [-0.1, -0.05) is 0 Å². The minimum atomic E-state index is -0.0650. The molecule has 1 N–H and O–H groups in total. The van der Waals surface area contributed by atoms with Gasteiger partial charge in [-0.15, -0.1) is 0 Å². The summed E-state index contributed by atoms with van der Waals surface area (Å²) in [6, 6.07) is 9.57. The van der Waals surface area contributed by atoms with Crippen molar-refractivity contribution >= 4 is 5.91 Å². The number of benzene rings is 1. The van der Waals surface area contributed by atoms with Gasteiger partial charge in [0, 0.05) is 30.7 Å².